The van der Waals surface area contributed by atoms with Crippen LogP contribution in [0.3, 0.4) is 0 Å². The Morgan fingerprint density at radius 3 is 2.30 bits per heavy atom. The number of rotatable bonds is 7. The first-order valence-electron chi connectivity index (χ1n) is 7.39. The lowest BCUT2D eigenvalue weighted by Crippen LogP contribution is -2.42. The topological polar surface area (TPSA) is 30.5 Å². The largest absolute Gasteiger partial charge is 0.496 e. The van der Waals surface area contributed by atoms with Gasteiger partial charge in [-0.25, -0.2) is 0 Å². The summed E-state index contributed by atoms with van der Waals surface area (Å²) in [6, 6.07) is 4.48. The van der Waals surface area contributed by atoms with Crippen molar-refractivity contribution in [3.63, 3.8) is 0 Å². The van der Waals surface area contributed by atoms with Gasteiger partial charge in [-0.3, -0.25) is 0 Å². The first kappa shape index (κ1) is 17.0. The number of likely N-dealkylation sites (N-methyl/N-ethyl adjacent to an activating group) is 1. The fourth-order valence-corrected chi connectivity index (χ4v) is 2.73. The average Bonchev–Trinajstić information content (AvgIpc) is 2.38. The molecule has 0 fully saturated rings. The molecular weight excluding hydrogens is 250 g/mol. The van der Waals surface area contributed by atoms with Crippen LogP contribution in [0.2, 0.25) is 0 Å². The summed E-state index contributed by atoms with van der Waals surface area (Å²) in [4.78, 5) is 0. The molecule has 0 aliphatic rings. The van der Waals surface area contributed by atoms with Gasteiger partial charge >= 0.3 is 0 Å². The second-order valence-electron chi connectivity index (χ2n) is 5.71. The highest BCUT2D eigenvalue weighted by Crippen LogP contribution is 2.34. The molecule has 0 saturated carbocycles. The Kier molecular flexibility index (Phi) is 6.03. The number of benzene rings is 1. The maximum absolute atomic E-state index is 5.96. The molecule has 0 aliphatic heterocycles. The summed E-state index contributed by atoms with van der Waals surface area (Å²) in [6.07, 6.45) is 0. The summed E-state index contributed by atoms with van der Waals surface area (Å²) < 4.78 is 11.4. The Hall–Kier alpha value is -1.06. The molecule has 0 aliphatic carbocycles. The lowest BCUT2D eigenvalue weighted by molar-refractivity contribution is -0.0390. The van der Waals surface area contributed by atoms with Crippen molar-refractivity contribution in [3.05, 3.63) is 28.8 Å². The van der Waals surface area contributed by atoms with Crippen molar-refractivity contribution in [2.75, 3.05) is 20.3 Å². The molecule has 1 aromatic rings. The van der Waals surface area contributed by atoms with Crippen molar-refractivity contribution in [1.29, 1.82) is 0 Å². The predicted molar refractivity (Wildman–Crippen MR) is 84.6 cm³/mol. The Bertz CT molecular complexity index is 441. The monoisotopic (exact) mass is 279 g/mol. The van der Waals surface area contributed by atoms with E-state index in [-0.39, 0.29) is 11.6 Å². The number of aryl methyl sites for hydroxylation is 2. The number of nitrogens with one attached hydrogen (secondary N) is 1. The third-order valence-electron chi connectivity index (χ3n) is 3.71. The second-order valence-corrected chi connectivity index (χ2v) is 5.71. The van der Waals surface area contributed by atoms with E-state index in [1.54, 1.807) is 7.11 Å². The predicted octanol–water partition coefficient (Wildman–Crippen LogP) is 3.78. The SMILES string of the molecule is CCNC(c1cc(C)c(OC)cc1C)C(C)(C)OCC. The van der Waals surface area contributed by atoms with Crippen LogP contribution in [-0.2, 0) is 4.74 Å². The molecule has 0 saturated heterocycles. The Morgan fingerprint density at radius 2 is 1.80 bits per heavy atom. The Morgan fingerprint density at radius 1 is 1.15 bits per heavy atom. The summed E-state index contributed by atoms with van der Waals surface area (Å²) in [6.45, 7) is 14.3. The van der Waals surface area contributed by atoms with Crippen LogP contribution in [0, 0.1) is 13.8 Å². The fourth-order valence-electron chi connectivity index (χ4n) is 2.73. The highest BCUT2D eigenvalue weighted by molar-refractivity contribution is 5.43. The zero-order valence-corrected chi connectivity index (χ0v) is 14.0. The molecule has 20 heavy (non-hydrogen) atoms. The van der Waals surface area contributed by atoms with E-state index < -0.39 is 0 Å². The van der Waals surface area contributed by atoms with Crippen LogP contribution in [0.15, 0.2) is 12.1 Å². The molecule has 0 bridgehead atoms. The van der Waals surface area contributed by atoms with Gasteiger partial charge in [0.15, 0.2) is 0 Å². The molecule has 0 radical (unpaired) electrons. The standard InChI is InChI=1S/C17H29NO2/c1-8-18-16(17(5,6)20-9-2)14-10-13(4)15(19-7)11-12(14)3/h10-11,16,18H,8-9H2,1-7H3. The van der Waals surface area contributed by atoms with E-state index in [9.17, 15) is 0 Å². The van der Waals surface area contributed by atoms with Gasteiger partial charge in [-0.15, -0.1) is 0 Å². The molecule has 1 unspecified atom stereocenters. The van der Waals surface area contributed by atoms with E-state index in [2.05, 4.69) is 52.1 Å². The molecule has 114 valence electrons. The van der Waals surface area contributed by atoms with Gasteiger partial charge in [-0.1, -0.05) is 13.0 Å². The maximum Gasteiger partial charge on any atom is 0.122 e. The maximum atomic E-state index is 5.96. The van der Waals surface area contributed by atoms with Gasteiger partial charge in [0.1, 0.15) is 5.75 Å². The van der Waals surface area contributed by atoms with E-state index in [1.165, 1.54) is 11.1 Å². The van der Waals surface area contributed by atoms with Crippen LogP contribution >= 0.6 is 0 Å². The van der Waals surface area contributed by atoms with E-state index in [1.807, 2.05) is 6.92 Å². The number of methoxy groups -OCH3 is 1. The van der Waals surface area contributed by atoms with Crippen molar-refractivity contribution >= 4 is 0 Å². The minimum atomic E-state index is -0.253. The summed E-state index contributed by atoms with van der Waals surface area (Å²) in [5, 5.41) is 3.56. The fraction of sp³-hybridized carbons (Fsp3) is 0.647. The van der Waals surface area contributed by atoms with Gasteiger partial charge in [-0.2, -0.15) is 0 Å². The lowest BCUT2D eigenvalue weighted by atomic mass is 9.87. The average molecular weight is 279 g/mol. The quantitative estimate of drug-likeness (QED) is 0.824. The highest BCUT2D eigenvalue weighted by Gasteiger charge is 2.32. The van der Waals surface area contributed by atoms with Crippen molar-refractivity contribution in [3.8, 4) is 5.75 Å². The van der Waals surface area contributed by atoms with Gasteiger partial charge in [-0.05, 0) is 63.9 Å². The van der Waals surface area contributed by atoms with E-state index in [0.29, 0.717) is 6.61 Å². The number of hydrogen-bond donors (Lipinski definition) is 1. The zero-order valence-electron chi connectivity index (χ0n) is 14.0. The van der Waals surface area contributed by atoms with Gasteiger partial charge in [0, 0.05) is 6.61 Å². The Balaban J connectivity index is 3.25. The van der Waals surface area contributed by atoms with Gasteiger partial charge in [0.2, 0.25) is 0 Å². The molecule has 1 N–H and O–H groups in total. The normalized spacial score (nSPS) is 13.3. The number of ether oxygens (including phenoxy) is 2. The van der Waals surface area contributed by atoms with Gasteiger partial charge in [0.05, 0.1) is 18.8 Å². The lowest BCUT2D eigenvalue weighted by Gasteiger charge is -2.36. The summed E-state index contributed by atoms with van der Waals surface area (Å²) in [7, 11) is 1.72. The molecule has 1 rings (SSSR count). The zero-order chi connectivity index (χ0) is 15.3. The molecule has 0 heterocycles. The van der Waals surface area contributed by atoms with Crippen LogP contribution in [-0.4, -0.2) is 25.9 Å². The van der Waals surface area contributed by atoms with Crippen LogP contribution in [0.1, 0.15) is 50.4 Å². The van der Waals surface area contributed by atoms with E-state index >= 15 is 0 Å². The molecule has 0 spiro atoms. The van der Waals surface area contributed by atoms with Crippen LogP contribution in [0.5, 0.6) is 5.75 Å². The smallest absolute Gasteiger partial charge is 0.122 e. The van der Waals surface area contributed by atoms with Crippen molar-refractivity contribution < 1.29 is 9.47 Å². The van der Waals surface area contributed by atoms with Crippen molar-refractivity contribution in [1.82, 2.24) is 5.32 Å². The van der Waals surface area contributed by atoms with Gasteiger partial charge in [0.25, 0.3) is 0 Å². The first-order valence-corrected chi connectivity index (χ1v) is 7.39. The summed E-state index contributed by atoms with van der Waals surface area (Å²) in [5.41, 5.74) is 3.41. The number of hydrogen-bond acceptors (Lipinski definition) is 3. The molecule has 0 amide bonds. The van der Waals surface area contributed by atoms with Crippen LogP contribution in [0.25, 0.3) is 0 Å². The van der Waals surface area contributed by atoms with Crippen LogP contribution < -0.4 is 10.1 Å². The molecule has 3 heteroatoms. The molecule has 3 nitrogen and oxygen atoms in total. The summed E-state index contributed by atoms with van der Waals surface area (Å²) in [5.74, 6) is 0.940. The molecule has 1 aromatic carbocycles. The third-order valence-corrected chi connectivity index (χ3v) is 3.71. The van der Waals surface area contributed by atoms with Gasteiger partial charge < -0.3 is 14.8 Å². The van der Waals surface area contributed by atoms with E-state index in [0.717, 1.165) is 17.9 Å². The minimum absolute atomic E-state index is 0.164. The Labute approximate surface area is 123 Å². The van der Waals surface area contributed by atoms with E-state index in [4.69, 9.17) is 9.47 Å². The second kappa shape index (κ2) is 7.09. The van der Waals surface area contributed by atoms with Crippen molar-refractivity contribution in [2.24, 2.45) is 0 Å². The van der Waals surface area contributed by atoms with Crippen molar-refractivity contribution in [2.45, 2.75) is 53.2 Å². The molecule has 1 atom stereocenters. The minimum Gasteiger partial charge on any atom is -0.496 e. The summed E-state index contributed by atoms with van der Waals surface area (Å²) >= 11 is 0. The molecule has 0 aromatic heterocycles. The first-order chi connectivity index (χ1) is 9.37. The highest BCUT2D eigenvalue weighted by atomic mass is 16.5. The molecular formula is C17H29NO2. The third kappa shape index (κ3) is 3.74. The van der Waals surface area contributed by atoms with Crippen LogP contribution in [0.4, 0.5) is 0 Å².